The lowest BCUT2D eigenvalue weighted by molar-refractivity contribution is -0.384. The number of benzene rings is 1. The zero-order valence-corrected chi connectivity index (χ0v) is 12.2. The lowest BCUT2D eigenvalue weighted by Gasteiger charge is -2.26. The van der Waals surface area contributed by atoms with Crippen LogP contribution in [0.15, 0.2) is 24.3 Å². The molecule has 108 valence electrons. The Balaban J connectivity index is 2.97. The number of non-ortho nitro benzene ring substituents is 1. The van der Waals surface area contributed by atoms with Gasteiger partial charge in [-0.15, -0.1) is 0 Å². The number of nitro groups is 1. The molecule has 7 heteroatoms. The van der Waals surface area contributed by atoms with Gasteiger partial charge in [0.1, 0.15) is 0 Å². The van der Waals surface area contributed by atoms with Crippen molar-refractivity contribution in [3.05, 3.63) is 39.9 Å². The Hall–Kier alpha value is -2.02. The Morgan fingerprint density at radius 1 is 1.50 bits per heavy atom. The predicted octanol–water partition coefficient (Wildman–Crippen LogP) is 2.12. The molecule has 6 nitrogen and oxygen atoms in total. The topological polar surface area (TPSA) is 89.5 Å². The van der Waals surface area contributed by atoms with E-state index in [0.29, 0.717) is 18.0 Å². The fourth-order valence-corrected chi connectivity index (χ4v) is 1.83. The molecule has 0 aromatic heterocycles. The van der Waals surface area contributed by atoms with E-state index in [1.54, 1.807) is 11.0 Å². The van der Waals surface area contributed by atoms with Crippen molar-refractivity contribution in [1.82, 2.24) is 4.90 Å². The molecule has 0 heterocycles. The maximum atomic E-state index is 12.4. The van der Waals surface area contributed by atoms with E-state index in [2.05, 4.69) is 0 Å². The second-order valence-corrected chi connectivity index (χ2v) is 5.14. The van der Waals surface area contributed by atoms with Gasteiger partial charge in [0.05, 0.1) is 9.91 Å². The fraction of sp³-hybridized carbons (Fsp3) is 0.385. The SMILES string of the molecule is CC(C)N(CCC(N)=S)C(=O)c1cccc([N+](=O)[O-])c1. The third kappa shape index (κ3) is 4.27. The molecule has 0 unspecified atom stereocenters. The summed E-state index contributed by atoms with van der Waals surface area (Å²) in [4.78, 5) is 24.5. The molecule has 0 aliphatic rings. The van der Waals surface area contributed by atoms with E-state index in [9.17, 15) is 14.9 Å². The number of hydrogen-bond acceptors (Lipinski definition) is 4. The molecule has 1 aromatic rings. The van der Waals surface area contributed by atoms with Gasteiger partial charge in [-0.25, -0.2) is 0 Å². The summed E-state index contributed by atoms with van der Waals surface area (Å²) in [7, 11) is 0. The number of carbonyl (C=O) groups excluding carboxylic acids is 1. The fourth-order valence-electron chi connectivity index (χ4n) is 1.74. The molecule has 20 heavy (non-hydrogen) atoms. The lowest BCUT2D eigenvalue weighted by Crippen LogP contribution is -2.39. The van der Waals surface area contributed by atoms with Crippen molar-refractivity contribution in [1.29, 1.82) is 0 Å². The number of amides is 1. The smallest absolute Gasteiger partial charge is 0.270 e. The second-order valence-electron chi connectivity index (χ2n) is 4.62. The van der Waals surface area contributed by atoms with Crippen LogP contribution in [-0.4, -0.2) is 33.3 Å². The molecule has 0 saturated carbocycles. The average Bonchev–Trinajstić information content (AvgIpc) is 2.38. The van der Waals surface area contributed by atoms with E-state index in [1.165, 1.54) is 18.2 Å². The Labute approximate surface area is 122 Å². The normalized spacial score (nSPS) is 10.3. The molecule has 0 saturated heterocycles. The van der Waals surface area contributed by atoms with Gasteiger partial charge in [0.15, 0.2) is 0 Å². The summed E-state index contributed by atoms with van der Waals surface area (Å²) in [5, 5.41) is 10.7. The van der Waals surface area contributed by atoms with Crippen molar-refractivity contribution in [2.75, 3.05) is 6.54 Å². The first-order chi connectivity index (χ1) is 9.32. The number of nitrogens with zero attached hydrogens (tertiary/aromatic N) is 2. The van der Waals surface area contributed by atoms with Crippen LogP contribution >= 0.6 is 12.2 Å². The third-order valence-corrected chi connectivity index (χ3v) is 2.99. The third-order valence-electron chi connectivity index (χ3n) is 2.79. The molecule has 0 spiro atoms. The molecule has 0 bridgehead atoms. The van der Waals surface area contributed by atoms with Crippen LogP contribution in [0.1, 0.15) is 30.6 Å². The summed E-state index contributed by atoms with van der Waals surface area (Å²) >= 11 is 4.81. The van der Waals surface area contributed by atoms with Gasteiger partial charge >= 0.3 is 0 Å². The van der Waals surface area contributed by atoms with Crippen molar-refractivity contribution < 1.29 is 9.72 Å². The Kier molecular flexibility index (Phi) is 5.57. The highest BCUT2D eigenvalue weighted by Crippen LogP contribution is 2.16. The van der Waals surface area contributed by atoms with Crippen molar-refractivity contribution in [3.8, 4) is 0 Å². The minimum Gasteiger partial charge on any atom is -0.393 e. The number of rotatable bonds is 6. The minimum atomic E-state index is -0.522. The largest absolute Gasteiger partial charge is 0.393 e. The number of carbonyl (C=O) groups is 1. The minimum absolute atomic E-state index is 0.0453. The molecule has 0 aliphatic carbocycles. The molecule has 1 amide bonds. The van der Waals surface area contributed by atoms with Crippen molar-refractivity contribution in [2.45, 2.75) is 26.3 Å². The summed E-state index contributed by atoms with van der Waals surface area (Å²) in [6.45, 7) is 4.14. The molecule has 1 aromatic carbocycles. The van der Waals surface area contributed by atoms with Crippen LogP contribution in [-0.2, 0) is 0 Å². The van der Waals surface area contributed by atoms with E-state index >= 15 is 0 Å². The van der Waals surface area contributed by atoms with E-state index in [4.69, 9.17) is 18.0 Å². The molecule has 0 atom stereocenters. The van der Waals surface area contributed by atoms with Crippen LogP contribution in [0.3, 0.4) is 0 Å². The quantitative estimate of drug-likeness (QED) is 0.493. The monoisotopic (exact) mass is 295 g/mol. The molecule has 1 rings (SSSR count). The Bertz CT molecular complexity index is 531. The summed E-state index contributed by atoms with van der Waals surface area (Å²) in [6, 6.07) is 5.64. The molecular formula is C13H17N3O3S. The summed E-state index contributed by atoms with van der Waals surface area (Å²) in [5.74, 6) is -0.264. The summed E-state index contributed by atoms with van der Waals surface area (Å²) < 4.78 is 0. The molecule has 2 N–H and O–H groups in total. The van der Waals surface area contributed by atoms with Gasteiger partial charge in [-0.05, 0) is 19.9 Å². The van der Waals surface area contributed by atoms with Crippen LogP contribution in [0.4, 0.5) is 5.69 Å². The standard InChI is InChI=1S/C13H17N3O3S/c1-9(2)15(7-6-12(14)20)13(17)10-4-3-5-11(8-10)16(18)19/h3-5,8-9H,6-7H2,1-2H3,(H2,14,20). The Morgan fingerprint density at radius 2 is 2.15 bits per heavy atom. The van der Waals surface area contributed by atoms with Crippen LogP contribution in [0.5, 0.6) is 0 Å². The first kappa shape index (κ1) is 16.0. The lowest BCUT2D eigenvalue weighted by atomic mass is 10.1. The van der Waals surface area contributed by atoms with Gasteiger partial charge in [0, 0.05) is 36.7 Å². The summed E-state index contributed by atoms with van der Waals surface area (Å²) in [5.41, 5.74) is 5.63. The van der Waals surface area contributed by atoms with Gasteiger partial charge in [0.25, 0.3) is 11.6 Å². The highest BCUT2D eigenvalue weighted by Gasteiger charge is 2.20. The zero-order chi connectivity index (χ0) is 15.3. The first-order valence-corrected chi connectivity index (χ1v) is 6.57. The highest BCUT2D eigenvalue weighted by atomic mass is 32.1. The number of hydrogen-bond donors (Lipinski definition) is 1. The van der Waals surface area contributed by atoms with E-state index in [0.717, 1.165) is 0 Å². The molecule has 0 fully saturated rings. The van der Waals surface area contributed by atoms with Crippen LogP contribution in [0.25, 0.3) is 0 Å². The van der Waals surface area contributed by atoms with Crippen molar-refractivity contribution in [2.24, 2.45) is 5.73 Å². The van der Waals surface area contributed by atoms with Gasteiger partial charge in [0.2, 0.25) is 0 Å². The van der Waals surface area contributed by atoms with Gasteiger partial charge in [-0.2, -0.15) is 0 Å². The highest BCUT2D eigenvalue weighted by molar-refractivity contribution is 7.80. The zero-order valence-electron chi connectivity index (χ0n) is 11.4. The van der Waals surface area contributed by atoms with Crippen LogP contribution in [0, 0.1) is 10.1 Å². The van der Waals surface area contributed by atoms with Crippen molar-refractivity contribution in [3.63, 3.8) is 0 Å². The number of thiocarbonyl (C=S) groups is 1. The van der Waals surface area contributed by atoms with Gasteiger partial charge in [-0.3, -0.25) is 14.9 Å². The van der Waals surface area contributed by atoms with E-state index in [1.807, 2.05) is 13.8 Å². The van der Waals surface area contributed by atoms with Crippen LogP contribution < -0.4 is 5.73 Å². The molecular weight excluding hydrogens is 278 g/mol. The van der Waals surface area contributed by atoms with Crippen molar-refractivity contribution >= 4 is 28.8 Å². The maximum Gasteiger partial charge on any atom is 0.270 e. The van der Waals surface area contributed by atoms with E-state index in [-0.39, 0.29) is 23.2 Å². The van der Waals surface area contributed by atoms with Gasteiger partial charge in [-0.1, -0.05) is 18.3 Å². The molecule has 0 radical (unpaired) electrons. The average molecular weight is 295 g/mol. The number of nitro benzene ring substituents is 1. The maximum absolute atomic E-state index is 12.4. The van der Waals surface area contributed by atoms with Crippen LogP contribution in [0.2, 0.25) is 0 Å². The predicted molar refractivity (Wildman–Crippen MR) is 80.7 cm³/mol. The first-order valence-electron chi connectivity index (χ1n) is 6.16. The van der Waals surface area contributed by atoms with E-state index < -0.39 is 4.92 Å². The summed E-state index contributed by atoms with van der Waals surface area (Å²) in [6.07, 6.45) is 0.425. The Morgan fingerprint density at radius 3 is 2.65 bits per heavy atom. The molecule has 0 aliphatic heterocycles. The number of nitrogens with two attached hydrogens (primary N) is 1. The van der Waals surface area contributed by atoms with Gasteiger partial charge < -0.3 is 10.6 Å². The second kappa shape index (κ2) is 6.95.